The maximum absolute atomic E-state index is 12.7. The third kappa shape index (κ3) is 2.91. The molecule has 7 nitrogen and oxygen atoms in total. The van der Waals surface area contributed by atoms with Crippen molar-refractivity contribution in [1.82, 2.24) is 14.8 Å². The molecule has 0 bridgehead atoms. The summed E-state index contributed by atoms with van der Waals surface area (Å²) >= 11 is 0. The van der Waals surface area contributed by atoms with Gasteiger partial charge in [0.05, 0.1) is 12.6 Å². The standard InChI is InChI=1S/C18H19N3O4/c22-16-10-20(6-7-21(16)13-5-8-25-11-13)18(24)15-9-12-3-1-2-4-14(12)17(23)19-15/h1-4,9,13H,5-8,10-11H2,(H,19,23). The predicted molar refractivity (Wildman–Crippen MR) is 91.4 cm³/mol. The summed E-state index contributed by atoms with van der Waals surface area (Å²) in [5.74, 6) is -0.392. The molecule has 2 aromatic rings. The Bertz CT molecular complexity index is 885. The number of carbonyl (C=O) groups excluding carboxylic acids is 2. The molecule has 7 heteroatoms. The molecule has 1 N–H and O–H groups in total. The number of benzene rings is 1. The highest BCUT2D eigenvalue weighted by molar-refractivity contribution is 5.98. The van der Waals surface area contributed by atoms with Gasteiger partial charge in [0.15, 0.2) is 0 Å². The van der Waals surface area contributed by atoms with Gasteiger partial charge in [-0.3, -0.25) is 14.4 Å². The Hall–Kier alpha value is -2.67. The summed E-state index contributed by atoms with van der Waals surface area (Å²) in [6.07, 6.45) is 0.845. The Balaban J connectivity index is 1.54. The van der Waals surface area contributed by atoms with Crippen LogP contribution in [0.25, 0.3) is 10.8 Å². The highest BCUT2D eigenvalue weighted by atomic mass is 16.5. The van der Waals surface area contributed by atoms with Crippen molar-refractivity contribution in [1.29, 1.82) is 0 Å². The van der Waals surface area contributed by atoms with E-state index in [0.29, 0.717) is 37.1 Å². The van der Waals surface area contributed by atoms with Gasteiger partial charge in [-0.1, -0.05) is 18.2 Å². The predicted octanol–water partition coefficient (Wildman–Crippen LogP) is 0.601. The molecule has 0 aliphatic carbocycles. The highest BCUT2D eigenvalue weighted by Gasteiger charge is 2.33. The van der Waals surface area contributed by atoms with E-state index in [1.165, 1.54) is 4.90 Å². The van der Waals surface area contributed by atoms with Crippen molar-refractivity contribution in [2.24, 2.45) is 0 Å². The Kier molecular flexibility index (Phi) is 4.01. The quantitative estimate of drug-likeness (QED) is 0.867. The topological polar surface area (TPSA) is 82.7 Å². The second kappa shape index (κ2) is 6.33. The number of fused-ring (bicyclic) bond motifs is 1. The average molecular weight is 341 g/mol. The fourth-order valence-corrected chi connectivity index (χ4v) is 3.51. The molecular weight excluding hydrogens is 322 g/mol. The third-order valence-electron chi connectivity index (χ3n) is 4.87. The number of amides is 2. The van der Waals surface area contributed by atoms with Crippen LogP contribution in [-0.4, -0.2) is 65.5 Å². The van der Waals surface area contributed by atoms with Crippen LogP contribution in [-0.2, 0) is 9.53 Å². The maximum Gasteiger partial charge on any atom is 0.270 e. The van der Waals surface area contributed by atoms with Crippen LogP contribution in [0.15, 0.2) is 35.1 Å². The number of pyridine rings is 1. The van der Waals surface area contributed by atoms with Gasteiger partial charge in [0.2, 0.25) is 5.91 Å². The molecule has 0 radical (unpaired) electrons. The summed E-state index contributed by atoms with van der Waals surface area (Å²) in [7, 11) is 0. The number of H-pyrrole nitrogens is 1. The van der Waals surface area contributed by atoms with E-state index >= 15 is 0 Å². The van der Waals surface area contributed by atoms with E-state index in [1.807, 2.05) is 6.07 Å². The first-order valence-corrected chi connectivity index (χ1v) is 8.42. The fourth-order valence-electron chi connectivity index (χ4n) is 3.51. The van der Waals surface area contributed by atoms with Gasteiger partial charge >= 0.3 is 0 Å². The Morgan fingerprint density at radius 1 is 1.20 bits per heavy atom. The van der Waals surface area contributed by atoms with Gasteiger partial charge in [-0.15, -0.1) is 0 Å². The van der Waals surface area contributed by atoms with E-state index in [1.54, 1.807) is 29.2 Å². The molecule has 2 saturated heterocycles. The lowest BCUT2D eigenvalue weighted by atomic mass is 10.1. The first kappa shape index (κ1) is 15.8. The van der Waals surface area contributed by atoms with E-state index in [4.69, 9.17) is 4.74 Å². The number of hydrogen-bond donors (Lipinski definition) is 1. The van der Waals surface area contributed by atoms with Crippen molar-refractivity contribution in [2.75, 3.05) is 32.8 Å². The molecule has 2 amide bonds. The van der Waals surface area contributed by atoms with E-state index in [2.05, 4.69) is 4.98 Å². The molecule has 1 atom stereocenters. The second-order valence-electron chi connectivity index (χ2n) is 6.43. The summed E-state index contributed by atoms with van der Waals surface area (Å²) < 4.78 is 5.34. The largest absolute Gasteiger partial charge is 0.379 e. The second-order valence-corrected chi connectivity index (χ2v) is 6.43. The van der Waals surface area contributed by atoms with Crippen molar-refractivity contribution in [3.63, 3.8) is 0 Å². The first-order valence-electron chi connectivity index (χ1n) is 8.42. The molecule has 4 rings (SSSR count). The number of hydrogen-bond acceptors (Lipinski definition) is 4. The van der Waals surface area contributed by atoms with Gasteiger partial charge in [0.1, 0.15) is 12.2 Å². The fraction of sp³-hybridized carbons (Fsp3) is 0.389. The minimum Gasteiger partial charge on any atom is -0.379 e. The van der Waals surface area contributed by atoms with Crippen LogP contribution in [0.4, 0.5) is 0 Å². The summed E-state index contributed by atoms with van der Waals surface area (Å²) in [6.45, 7) is 2.23. The van der Waals surface area contributed by atoms with Gasteiger partial charge in [-0.25, -0.2) is 0 Å². The van der Waals surface area contributed by atoms with Crippen LogP contribution in [0.2, 0.25) is 0 Å². The normalized spacial score (nSPS) is 21.1. The zero-order chi connectivity index (χ0) is 17.4. The number of rotatable bonds is 2. The van der Waals surface area contributed by atoms with Crippen molar-refractivity contribution in [3.05, 3.63) is 46.4 Å². The van der Waals surface area contributed by atoms with Gasteiger partial charge in [0, 0.05) is 25.1 Å². The lowest BCUT2D eigenvalue weighted by Crippen LogP contribution is -2.55. The van der Waals surface area contributed by atoms with Gasteiger partial charge in [0.25, 0.3) is 11.5 Å². The van der Waals surface area contributed by atoms with E-state index in [0.717, 1.165) is 6.42 Å². The molecule has 2 aliphatic heterocycles. The van der Waals surface area contributed by atoms with Crippen LogP contribution >= 0.6 is 0 Å². The molecule has 2 aliphatic rings. The smallest absolute Gasteiger partial charge is 0.270 e. The molecule has 1 aromatic heterocycles. The number of aromatic nitrogens is 1. The van der Waals surface area contributed by atoms with Crippen LogP contribution < -0.4 is 5.56 Å². The number of nitrogens with one attached hydrogen (secondary N) is 1. The van der Waals surface area contributed by atoms with Crippen LogP contribution in [0.3, 0.4) is 0 Å². The van der Waals surface area contributed by atoms with Crippen LogP contribution in [0.5, 0.6) is 0 Å². The first-order chi connectivity index (χ1) is 12.1. The van der Waals surface area contributed by atoms with Crippen molar-refractivity contribution in [2.45, 2.75) is 12.5 Å². The monoisotopic (exact) mass is 341 g/mol. The molecule has 3 heterocycles. The van der Waals surface area contributed by atoms with Crippen LogP contribution in [0, 0.1) is 0 Å². The van der Waals surface area contributed by atoms with E-state index in [-0.39, 0.29) is 35.7 Å². The molecule has 1 unspecified atom stereocenters. The van der Waals surface area contributed by atoms with E-state index < -0.39 is 0 Å². The maximum atomic E-state index is 12.7. The summed E-state index contributed by atoms with van der Waals surface area (Å²) in [5, 5.41) is 1.25. The number of carbonyl (C=O) groups is 2. The van der Waals surface area contributed by atoms with Gasteiger partial charge in [-0.2, -0.15) is 0 Å². The number of ether oxygens (including phenoxy) is 1. The van der Waals surface area contributed by atoms with Crippen LogP contribution in [0.1, 0.15) is 16.9 Å². The van der Waals surface area contributed by atoms with Crippen molar-refractivity contribution < 1.29 is 14.3 Å². The summed E-state index contributed by atoms with van der Waals surface area (Å²) in [5.41, 5.74) is -0.0799. The van der Waals surface area contributed by atoms with Crippen molar-refractivity contribution in [3.8, 4) is 0 Å². The molecule has 25 heavy (non-hydrogen) atoms. The van der Waals surface area contributed by atoms with Gasteiger partial charge < -0.3 is 19.5 Å². The molecule has 130 valence electrons. The van der Waals surface area contributed by atoms with E-state index in [9.17, 15) is 14.4 Å². The lowest BCUT2D eigenvalue weighted by Gasteiger charge is -2.37. The Morgan fingerprint density at radius 3 is 2.80 bits per heavy atom. The molecule has 1 aromatic carbocycles. The number of aromatic amines is 1. The summed E-state index contributed by atoms with van der Waals surface area (Å²) in [4.78, 5) is 43.2. The number of piperazine rings is 1. The van der Waals surface area contributed by atoms with Crippen molar-refractivity contribution >= 4 is 22.6 Å². The third-order valence-corrected chi connectivity index (χ3v) is 4.87. The van der Waals surface area contributed by atoms with Gasteiger partial charge in [-0.05, 0) is 23.9 Å². The summed E-state index contributed by atoms with van der Waals surface area (Å²) in [6, 6.07) is 8.90. The number of nitrogens with zero attached hydrogens (tertiary/aromatic N) is 2. The average Bonchev–Trinajstić information content (AvgIpc) is 3.15. The lowest BCUT2D eigenvalue weighted by molar-refractivity contribution is -0.137. The molecule has 0 spiro atoms. The Labute approximate surface area is 144 Å². The zero-order valence-electron chi connectivity index (χ0n) is 13.7. The minimum atomic E-state index is -0.321. The SMILES string of the molecule is O=C(c1cc2ccccc2c(=O)[nH]1)N1CCN(C2CCOC2)C(=O)C1. The minimum absolute atomic E-state index is 0.0319. The molecule has 0 saturated carbocycles. The zero-order valence-corrected chi connectivity index (χ0v) is 13.7. The highest BCUT2D eigenvalue weighted by Crippen LogP contribution is 2.17. The Morgan fingerprint density at radius 2 is 2.04 bits per heavy atom. The molecular formula is C18H19N3O4. The molecule has 2 fully saturated rings.